The molecule has 0 aliphatic carbocycles. The quantitative estimate of drug-likeness (QED) is 0.670. The maximum atomic E-state index is 6.56. The second-order valence-corrected chi connectivity index (χ2v) is 0.957. The van der Waals surface area contributed by atoms with Gasteiger partial charge in [0.2, 0.25) is 0 Å². The monoisotopic (exact) mass is 255 g/mol. The summed E-state index contributed by atoms with van der Waals surface area (Å²) in [5, 5.41) is 0. The standard InChI is InChI=1S/C4H9N.W/c1-2-3-4-5;/h5H,1-4H2;/q-2;+2. The van der Waals surface area contributed by atoms with E-state index in [1.807, 2.05) is 0 Å². The van der Waals surface area contributed by atoms with Crippen molar-refractivity contribution in [1.82, 2.24) is 0 Å². The fourth-order valence-corrected chi connectivity index (χ4v) is 0.125. The number of hydrogen-bond donors (Lipinski definition) is 0. The molecule has 0 aromatic carbocycles. The van der Waals surface area contributed by atoms with Crippen molar-refractivity contribution in [3.63, 3.8) is 0 Å². The fraction of sp³-hybridized carbons (Fsp3) is 0.750. The molecule has 0 aromatic rings. The van der Waals surface area contributed by atoms with Gasteiger partial charge in [-0.1, -0.05) is 6.42 Å². The first-order chi connectivity index (χ1) is 2.41. The smallest absolute Gasteiger partial charge is 0.677 e. The first-order valence-electron chi connectivity index (χ1n) is 1.85. The van der Waals surface area contributed by atoms with Crippen molar-refractivity contribution < 1.29 is 21.1 Å². The molecule has 0 heterocycles. The van der Waals surface area contributed by atoms with Gasteiger partial charge in [0.25, 0.3) is 0 Å². The van der Waals surface area contributed by atoms with Crippen molar-refractivity contribution in [2.75, 3.05) is 6.54 Å². The maximum absolute atomic E-state index is 6.56. The Balaban J connectivity index is 0. The van der Waals surface area contributed by atoms with Crippen molar-refractivity contribution in [3.8, 4) is 0 Å². The third kappa shape index (κ3) is 8.82. The number of unbranched alkanes of at least 4 members (excludes halogenated alkanes) is 1. The molecular formula is C4H9NW. The Morgan fingerprint density at radius 3 is 2.00 bits per heavy atom. The fourth-order valence-electron chi connectivity index (χ4n) is 0.125. The molecule has 0 spiro atoms. The van der Waals surface area contributed by atoms with E-state index in [1.54, 1.807) is 0 Å². The molecule has 0 fully saturated rings. The Kier molecular flexibility index (Phi) is 15.0. The van der Waals surface area contributed by atoms with Gasteiger partial charge in [-0.3, -0.25) is 0 Å². The van der Waals surface area contributed by atoms with E-state index < -0.39 is 0 Å². The van der Waals surface area contributed by atoms with Gasteiger partial charge in [-0.15, -0.1) is 0 Å². The minimum atomic E-state index is 0. The van der Waals surface area contributed by atoms with Gasteiger partial charge in [-0.25, -0.2) is 0 Å². The molecule has 0 rings (SSSR count). The average Bonchev–Trinajstić information content (AvgIpc) is 1.41. The first-order valence-corrected chi connectivity index (χ1v) is 1.85. The summed E-state index contributed by atoms with van der Waals surface area (Å²) in [7, 11) is 0. The SMILES string of the molecule is [CH2-]CCC[NH-].[W+2]. The molecule has 0 atom stereocenters. The third-order valence-electron chi connectivity index (χ3n) is 0.427. The summed E-state index contributed by atoms with van der Waals surface area (Å²) >= 11 is 0. The van der Waals surface area contributed by atoms with Crippen molar-refractivity contribution in [2.45, 2.75) is 12.8 Å². The van der Waals surface area contributed by atoms with Crippen LogP contribution in [-0.2, 0) is 21.1 Å². The summed E-state index contributed by atoms with van der Waals surface area (Å²) in [4.78, 5) is 0. The van der Waals surface area contributed by atoms with Crippen LogP contribution in [0.2, 0.25) is 0 Å². The molecule has 1 N–H and O–H groups in total. The van der Waals surface area contributed by atoms with Gasteiger partial charge in [0.1, 0.15) is 0 Å². The first kappa shape index (κ1) is 9.82. The van der Waals surface area contributed by atoms with Gasteiger partial charge in [0.15, 0.2) is 0 Å². The van der Waals surface area contributed by atoms with Gasteiger partial charge in [-0.05, 0) is 0 Å². The van der Waals surface area contributed by atoms with E-state index in [1.165, 1.54) is 0 Å². The summed E-state index contributed by atoms with van der Waals surface area (Å²) in [6.07, 6.45) is 1.85. The van der Waals surface area contributed by atoms with Crippen LogP contribution in [0.4, 0.5) is 0 Å². The van der Waals surface area contributed by atoms with Crippen LogP contribution in [0.5, 0.6) is 0 Å². The van der Waals surface area contributed by atoms with Crippen LogP contribution in [0.3, 0.4) is 0 Å². The molecule has 2 heteroatoms. The topological polar surface area (TPSA) is 23.8 Å². The Hall–Kier alpha value is 0.648. The van der Waals surface area contributed by atoms with E-state index in [0.717, 1.165) is 12.8 Å². The van der Waals surface area contributed by atoms with Crippen molar-refractivity contribution in [3.05, 3.63) is 12.7 Å². The van der Waals surface area contributed by atoms with Crippen LogP contribution in [0, 0.1) is 6.92 Å². The predicted octanol–water partition coefficient (Wildman–Crippen LogP) is 1.65. The summed E-state index contributed by atoms with van der Waals surface area (Å²) < 4.78 is 0. The van der Waals surface area contributed by atoms with E-state index in [4.69, 9.17) is 5.73 Å². The number of hydrogen-bond acceptors (Lipinski definition) is 0. The van der Waals surface area contributed by atoms with Crippen LogP contribution < -0.4 is 0 Å². The van der Waals surface area contributed by atoms with Crippen LogP contribution in [0.25, 0.3) is 5.73 Å². The van der Waals surface area contributed by atoms with Crippen LogP contribution >= 0.6 is 0 Å². The number of rotatable bonds is 2. The van der Waals surface area contributed by atoms with E-state index in [9.17, 15) is 0 Å². The molecule has 0 saturated carbocycles. The average molecular weight is 255 g/mol. The molecule has 0 radical (unpaired) electrons. The van der Waals surface area contributed by atoms with Gasteiger partial charge in [-0.2, -0.15) is 13.0 Å². The van der Waals surface area contributed by atoms with Gasteiger partial charge >= 0.3 is 21.1 Å². The molecule has 0 bridgehead atoms. The molecule has 0 saturated heterocycles. The van der Waals surface area contributed by atoms with Gasteiger partial charge in [0.05, 0.1) is 0 Å². The maximum Gasteiger partial charge on any atom is 2.00 e. The molecule has 0 aliphatic heterocycles. The molecule has 0 unspecified atom stereocenters. The zero-order valence-electron chi connectivity index (χ0n) is 3.74. The largest absolute Gasteiger partial charge is 2.00 e. The number of nitrogens with one attached hydrogen (secondary N) is 1. The van der Waals surface area contributed by atoms with Gasteiger partial charge < -0.3 is 12.7 Å². The predicted molar refractivity (Wildman–Crippen MR) is 23.8 cm³/mol. The summed E-state index contributed by atoms with van der Waals surface area (Å²) in [5.74, 6) is 0. The Morgan fingerprint density at radius 1 is 1.50 bits per heavy atom. The Bertz CT molecular complexity index is 15.0. The normalized spacial score (nSPS) is 7.00. The Labute approximate surface area is 53.6 Å². The Morgan fingerprint density at radius 2 is 2.00 bits per heavy atom. The second-order valence-electron chi connectivity index (χ2n) is 0.957. The minimum absolute atomic E-state index is 0. The minimum Gasteiger partial charge on any atom is -0.677 e. The summed E-state index contributed by atoms with van der Waals surface area (Å²) in [6.45, 7) is 4.09. The van der Waals surface area contributed by atoms with E-state index in [0.29, 0.717) is 6.54 Å². The van der Waals surface area contributed by atoms with E-state index in [2.05, 4.69) is 6.92 Å². The van der Waals surface area contributed by atoms with Crippen molar-refractivity contribution >= 4 is 0 Å². The van der Waals surface area contributed by atoms with E-state index in [-0.39, 0.29) is 21.1 Å². The second kappa shape index (κ2) is 9.17. The molecule has 36 valence electrons. The zero-order valence-corrected chi connectivity index (χ0v) is 6.67. The van der Waals surface area contributed by atoms with Crippen LogP contribution in [0.15, 0.2) is 0 Å². The van der Waals surface area contributed by atoms with Crippen molar-refractivity contribution in [1.29, 1.82) is 0 Å². The molecule has 0 aliphatic rings. The van der Waals surface area contributed by atoms with Crippen molar-refractivity contribution in [2.24, 2.45) is 0 Å². The molecular weight excluding hydrogens is 246 g/mol. The van der Waals surface area contributed by atoms with E-state index >= 15 is 0 Å². The molecule has 0 aromatic heterocycles. The van der Waals surface area contributed by atoms with Crippen LogP contribution in [-0.4, -0.2) is 6.54 Å². The van der Waals surface area contributed by atoms with Gasteiger partial charge in [0, 0.05) is 0 Å². The molecule has 1 nitrogen and oxygen atoms in total. The molecule has 0 amide bonds. The summed E-state index contributed by atoms with van der Waals surface area (Å²) in [5.41, 5.74) is 6.56. The zero-order chi connectivity index (χ0) is 4.12. The van der Waals surface area contributed by atoms with Crippen LogP contribution in [0.1, 0.15) is 12.8 Å². The summed E-state index contributed by atoms with van der Waals surface area (Å²) in [6, 6.07) is 0. The molecule has 6 heavy (non-hydrogen) atoms. The third-order valence-corrected chi connectivity index (χ3v) is 0.427.